The van der Waals surface area contributed by atoms with Crippen molar-refractivity contribution in [3.63, 3.8) is 0 Å². The molecule has 1 heterocycles. The van der Waals surface area contributed by atoms with Gasteiger partial charge in [-0.1, -0.05) is 44.7 Å². The van der Waals surface area contributed by atoms with E-state index in [0.29, 0.717) is 38.0 Å². The number of rotatable bonds is 7. The van der Waals surface area contributed by atoms with Crippen LogP contribution in [-0.4, -0.2) is 59.7 Å². The summed E-state index contributed by atoms with van der Waals surface area (Å²) >= 11 is 0. The summed E-state index contributed by atoms with van der Waals surface area (Å²) in [6.07, 6.45) is 7.29. The molecule has 4 N–H and O–H groups in total. The molecule has 4 rings (SSSR count). The number of Topliss-reactive ketones (excluding diaryl/α,β-unsaturated/α-hetero) is 2. The fourth-order valence-electron chi connectivity index (χ4n) is 7.17. The zero-order chi connectivity index (χ0) is 31.9. The minimum absolute atomic E-state index is 0.0265. The number of amides is 3. The van der Waals surface area contributed by atoms with Crippen molar-refractivity contribution in [3.8, 4) is 5.75 Å². The highest BCUT2D eigenvalue weighted by molar-refractivity contribution is 6.37. The molecule has 5 atom stereocenters. The van der Waals surface area contributed by atoms with Crippen LogP contribution in [0.25, 0.3) is 0 Å². The van der Waals surface area contributed by atoms with Crippen LogP contribution in [0.3, 0.4) is 0 Å². The topological polar surface area (TPSA) is 154 Å². The summed E-state index contributed by atoms with van der Waals surface area (Å²) in [5.74, 6) is -3.65. The molecular weight excluding hydrogens is 562 g/mol. The molecule has 1 aliphatic heterocycles. The van der Waals surface area contributed by atoms with Gasteiger partial charge in [0.2, 0.25) is 17.6 Å². The first-order valence-electron chi connectivity index (χ1n) is 16.3. The normalized spacial score (nSPS) is 27.3. The van der Waals surface area contributed by atoms with Crippen molar-refractivity contribution in [1.82, 2.24) is 10.6 Å². The molecule has 242 valence electrons. The maximum absolute atomic E-state index is 14.5. The Morgan fingerprint density at radius 3 is 2.55 bits per heavy atom. The molecule has 0 spiro atoms. The Morgan fingerprint density at radius 1 is 1.09 bits per heavy atom. The summed E-state index contributed by atoms with van der Waals surface area (Å²) in [6.45, 7) is 6.33. The zero-order valence-corrected chi connectivity index (χ0v) is 26.4. The third kappa shape index (κ3) is 8.89. The van der Waals surface area contributed by atoms with Crippen molar-refractivity contribution >= 4 is 29.3 Å². The Morgan fingerprint density at radius 2 is 1.84 bits per heavy atom. The minimum atomic E-state index is -1.10. The van der Waals surface area contributed by atoms with E-state index in [1.165, 1.54) is 0 Å². The van der Waals surface area contributed by atoms with Crippen LogP contribution < -0.4 is 21.1 Å². The van der Waals surface area contributed by atoms with Crippen molar-refractivity contribution in [1.29, 1.82) is 0 Å². The van der Waals surface area contributed by atoms with Crippen molar-refractivity contribution in [2.75, 3.05) is 6.61 Å². The van der Waals surface area contributed by atoms with E-state index < -0.39 is 47.1 Å². The van der Waals surface area contributed by atoms with E-state index in [4.69, 9.17) is 15.2 Å². The maximum Gasteiger partial charge on any atom is 0.287 e. The van der Waals surface area contributed by atoms with Crippen LogP contribution in [0.15, 0.2) is 24.3 Å². The molecule has 0 radical (unpaired) electrons. The Hall–Kier alpha value is -3.27. The summed E-state index contributed by atoms with van der Waals surface area (Å²) in [4.78, 5) is 65.9. The molecule has 3 amide bonds. The number of fused-ring (bicyclic) bond motifs is 4. The van der Waals surface area contributed by atoms with Crippen LogP contribution in [0, 0.1) is 17.8 Å². The Labute approximate surface area is 260 Å². The van der Waals surface area contributed by atoms with E-state index in [-0.39, 0.29) is 36.6 Å². The van der Waals surface area contributed by atoms with Gasteiger partial charge in [0.05, 0.1) is 42.7 Å². The third-order valence-corrected chi connectivity index (χ3v) is 9.36. The Kier molecular flexibility index (Phi) is 11.6. The highest BCUT2D eigenvalue weighted by Crippen LogP contribution is 2.40. The van der Waals surface area contributed by atoms with Crippen LogP contribution in [0.2, 0.25) is 0 Å². The van der Waals surface area contributed by atoms with E-state index in [9.17, 15) is 24.0 Å². The first-order valence-corrected chi connectivity index (χ1v) is 16.3. The number of primary amides is 1. The molecule has 10 nitrogen and oxygen atoms in total. The summed E-state index contributed by atoms with van der Waals surface area (Å²) < 4.78 is 12.5. The van der Waals surface area contributed by atoms with Crippen LogP contribution in [-0.2, 0) is 35.1 Å². The van der Waals surface area contributed by atoms with Gasteiger partial charge in [-0.25, -0.2) is 0 Å². The number of ether oxygens (including phenoxy) is 2. The SMILES string of the molecule is CCCC(NC(=O)[C@@H]1C[C@@H]2CC1C(=O)C(C1CCCCC1)NC(=O)Cc1cccc(c1)OCCCC(C)(C)O2)C(=O)C(N)=O. The van der Waals surface area contributed by atoms with Crippen molar-refractivity contribution < 1.29 is 33.4 Å². The van der Waals surface area contributed by atoms with Gasteiger partial charge in [-0.2, -0.15) is 0 Å². The second-order valence-corrected chi connectivity index (χ2v) is 13.4. The highest BCUT2D eigenvalue weighted by Gasteiger charge is 2.48. The maximum atomic E-state index is 14.5. The van der Waals surface area contributed by atoms with Crippen LogP contribution in [0.4, 0.5) is 0 Å². The molecule has 1 aromatic carbocycles. The lowest BCUT2D eigenvalue weighted by molar-refractivity contribution is -0.140. The fourth-order valence-corrected chi connectivity index (χ4v) is 7.17. The monoisotopic (exact) mass is 611 g/mol. The largest absolute Gasteiger partial charge is 0.494 e. The number of carbonyl (C=O) groups excluding carboxylic acids is 5. The van der Waals surface area contributed by atoms with Gasteiger partial charge in [0, 0.05) is 5.92 Å². The smallest absolute Gasteiger partial charge is 0.287 e. The molecule has 0 saturated heterocycles. The molecule has 44 heavy (non-hydrogen) atoms. The van der Waals surface area contributed by atoms with Gasteiger partial charge < -0.3 is 25.8 Å². The number of hydrogen-bond acceptors (Lipinski definition) is 7. The third-order valence-electron chi connectivity index (χ3n) is 9.36. The van der Waals surface area contributed by atoms with Gasteiger partial charge in [-0.15, -0.1) is 0 Å². The van der Waals surface area contributed by atoms with Gasteiger partial charge in [0.15, 0.2) is 5.78 Å². The lowest BCUT2D eigenvalue weighted by Gasteiger charge is -2.33. The molecule has 3 unspecified atom stereocenters. The number of nitrogens with two attached hydrogens (primary N) is 1. The average molecular weight is 612 g/mol. The Balaban J connectivity index is 1.66. The van der Waals surface area contributed by atoms with Crippen LogP contribution in [0.1, 0.15) is 97.0 Å². The standard InChI is InChI=1S/C34H49N3O7/c1-4-10-27(31(40)32(35)41)36-33(42)26-20-24-19-25(26)30(39)29(22-12-6-5-7-13-22)37-28(38)18-21-11-8-14-23(17-21)43-16-9-15-34(2,3)44-24/h8,11,14,17,22,24-27,29H,4-7,9-10,12-13,15-16,18-20H2,1-3H3,(H2,35,41)(H,36,42)(H,37,38)/t24-,25?,26+,27?,29?/m0/s1. The second-order valence-electron chi connectivity index (χ2n) is 13.4. The van der Waals surface area contributed by atoms with Crippen molar-refractivity contribution in [2.24, 2.45) is 23.5 Å². The number of nitrogens with one attached hydrogen (secondary N) is 2. The average Bonchev–Trinajstić information content (AvgIpc) is 3.40. The summed E-state index contributed by atoms with van der Waals surface area (Å²) in [5.41, 5.74) is 5.53. The molecule has 1 aromatic rings. The lowest BCUT2D eigenvalue weighted by atomic mass is 9.77. The molecule has 3 aliphatic rings. The highest BCUT2D eigenvalue weighted by atomic mass is 16.5. The molecule has 4 bridgehead atoms. The van der Waals surface area contributed by atoms with Crippen molar-refractivity contribution in [2.45, 2.75) is 122 Å². The van der Waals surface area contributed by atoms with Crippen LogP contribution in [0.5, 0.6) is 5.75 Å². The van der Waals surface area contributed by atoms with E-state index in [1.54, 1.807) is 0 Å². The van der Waals surface area contributed by atoms with Gasteiger partial charge in [0.25, 0.3) is 5.91 Å². The molecule has 10 heteroatoms. The molecule has 2 saturated carbocycles. The fraction of sp³-hybridized carbons (Fsp3) is 0.676. The minimum Gasteiger partial charge on any atom is -0.494 e. The first-order chi connectivity index (χ1) is 21.0. The van der Waals surface area contributed by atoms with Gasteiger partial charge in [-0.05, 0) is 82.4 Å². The number of hydrogen-bond donors (Lipinski definition) is 3. The van der Waals surface area contributed by atoms with Crippen molar-refractivity contribution in [3.05, 3.63) is 29.8 Å². The first kappa shape index (κ1) is 33.6. The summed E-state index contributed by atoms with van der Waals surface area (Å²) in [6, 6.07) is 5.68. The molecular formula is C34H49N3O7. The van der Waals surface area contributed by atoms with Crippen LogP contribution >= 0.6 is 0 Å². The lowest BCUT2D eigenvalue weighted by Crippen LogP contribution is -2.52. The predicted molar refractivity (Wildman–Crippen MR) is 165 cm³/mol. The predicted octanol–water partition coefficient (Wildman–Crippen LogP) is 3.57. The number of ketones is 2. The Bertz CT molecular complexity index is 1210. The number of benzene rings is 1. The molecule has 2 fully saturated rings. The number of carbonyl (C=O) groups is 5. The van der Waals surface area contributed by atoms with E-state index in [1.807, 2.05) is 45.0 Å². The zero-order valence-electron chi connectivity index (χ0n) is 26.4. The van der Waals surface area contributed by atoms with E-state index >= 15 is 0 Å². The molecule has 0 aromatic heterocycles. The van der Waals surface area contributed by atoms with Gasteiger partial charge >= 0.3 is 0 Å². The van der Waals surface area contributed by atoms with E-state index in [2.05, 4.69) is 10.6 Å². The van der Waals surface area contributed by atoms with E-state index in [0.717, 1.165) is 44.1 Å². The van der Waals surface area contributed by atoms with Gasteiger partial charge in [-0.3, -0.25) is 24.0 Å². The second kappa shape index (κ2) is 15.1. The summed E-state index contributed by atoms with van der Waals surface area (Å²) in [7, 11) is 0. The molecule has 2 aliphatic carbocycles. The summed E-state index contributed by atoms with van der Waals surface area (Å²) in [5, 5.41) is 5.82. The van der Waals surface area contributed by atoms with Gasteiger partial charge in [0.1, 0.15) is 5.75 Å². The quantitative estimate of drug-likeness (QED) is 0.399.